The highest BCUT2D eigenvalue weighted by Crippen LogP contribution is 2.17. The lowest BCUT2D eigenvalue weighted by molar-refractivity contribution is 0.117. The third kappa shape index (κ3) is 2.67. The molecule has 3 heteroatoms. The quantitative estimate of drug-likeness (QED) is 0.805. The molecule has 2 atom stereocenters. The second-order valence-corrected chi connectivity index (χ2v) is 4.97. The molecule has 3 nitrogen and oxygen atoms in total. The number of fused-ring (bicyclic) bond motifs is 1. The molecule has 0 aliphatic carbocycles. The average Bonchev–Trinajstić information content (AvgIpc) is 2.46. The van der Waals surface area contributed by atoms with Crippen LogP contribution >= 0.6 is 0 Å². The summed E-state index contributed by atoms with van der Waals surface area (Å²) in [5, 5.41) is 15.6. The van der Waals surface area contributed by atoms with Gasteiger partial charge in [-0.15, -0.1) is 0 Å². The number of hydrogen-bond acceptors (Lipinski definition) is 3. The minimum Gasteiger partial charge on any atom is -0.391 e. The molecule has 0 radical (unpaired) electrons. The maximum absolute atomic E-state index is 9.91. The standard InChI is InChI=1S/C16H18N2O/c19-16-8-9-17-11-15(16)18-10-13-6-3-5-12-4-1-2-7-14(12)13/h1-7,10,15-17,19H,8-9,11H2. The van der Waals surface area contributed by atoms with Gasteiger partial charge in [-0.3, -0.25) is 4.99 Å². The van der Waals surface area contributed by atoms with Crippen LogP contribution in [0, 0.1) is 0 Å². The molecule has 1 heterocycles. The van der Waals surface area contributed by atoms with E-state index in [4.69, 9.17) is 0 Å². The number of nitrogens with zero attached hydrogens (tertiary/aromatic N) is 1. The van der Waals surface area contributed by atoms with Crippen molar-refractivity contribution in [3.05, 3.63) is 48.0 Å². The van der Waals surface area contributed by atoms with Crippen LogP contribution in [0.1, 0.15) is 12.0 Å². The van der Waals surface area contributed by atoms with Crippen LogP contribution in [0.2, 0.25) is 0 Å². The lowest BCUT2D eigenvalue weighted by Crippen LogP contribution is -2.42. The van der Waals surface area contributed by atoms with Crippen LogP contribution in [0.25, 0.3) is 10.8 Å². The number of rotatable bonds is 2. The summed E-state index contributed by atoms with van der Waals surface area (Å²) in [5.74, 6) is 0. The number of piperidine rings is 1. The van der Waals surface area contributed by atoms with Gasteiger partial charge >= 0.3 is 0 Å². The summed E-state index contributed by atoms with van der Waals surface area (Å²) < 4.78 is 0. The SMILES string of the molecule is OC1CCNCC1N=Cc1cccc2ccccc12. The van der Waals surface area contributed by atoms with Gasteiger partial charge < -0.3 is 10.4 Å². The van der Waals surface area contributed by atoms with Crippen LogP contribution in [-0.2, 0) is 0 Å². The molecule has 0 bridgehead atoms. The Morgan fingerprint density at radius 1 is 1.16 bits per heavy atom. The first-order chi connectivity index (χ1) is 9.34. The van der Waals surface area contributed by atoms with Crippen LogP contribution < -0.4 is 5.32 Å². The lowest BCUT2D eigenvalue weighted by atomic mass is 10.0. The number of hydrogen-bond donors (Lipinski definition) is 2. The maximum Gasteiger partial charge on any atom is 0.0883 e. The fourth-order valence-corrected chi connectivity index (χ4v) is 2.52. The van der Waals surface area contributed by atoms with Crippen molar-refractivity contribution in [1.82, 2.24) is 5.32 Å². The van der Waals surface area contributed by atoms with Crippen molar-refractivity contribution in [2.75, 3.05) is 13.1 Å². The molecule has 0 saturated carbocycles. The molecule has 2 unspecified atom stereocenters. The minimum atomic E-state index is -0.326. The Kier molecular flexibility index (Phi) is 3.58. The van der Waals surface area contributed by atoms with Gasteiger partial charge in [0.15, 0.2) is 0 Å². The van der Waals surface area contributed by atoms with Gasteiger partial charge in [0.1, 0.15) is 0 Å². The summed E-state index contributed by atoms with van der Waals surface area (Å²) >= 11 is 0. The molecule has 1 saturated heterocycles. The Morgan fingerprint density at radius 3 is 2.89 bits per heavy atom. The van der Waals surface area contributed by atoms with E-state index in [9.17, 15) is 5.11 Å². The molecule has 19 heavy (non-hydrogen) atoms. The summed E-state index contributed by atoms with van der Waals surface area (Å²) in [6, 6.07) is 14.5. The fourth-order valence-electron chi connectivity index (χ4n) is 2.52. The van der Waals surface area contributed by atoms with Crippen molar-refractivity contribution in [2.24, 2.45) is 4.99 Å². The summed E-state index contributed by atoms with van der Waals surface area (Å²) in [7, 11) is 0. The smallest absolute Gasteiger partial charge is 0.0883 e. The molecular weight excluding hydrogens is 236 g/mol. The van der Waals surface area contributed by atoms with E-state index in [1.807, 2.05) is 24.4 Å². The molecule has 3 rings (SSSR count). The molecule has 98 valence electrons. The summed E-state index contributed by atoms with van der Waals surface area (Å²) in [6.45, 7) is 1.63. The molecule has 2 N–H and O–H groups in total. The highest BCUT2D eigenvalue weighted by atomic mass is 16.3. The largest absolute Gasteiger partial charge is 0.391 e. The van der Waals surface area contributed by atoms with Gasteiger partial charge in [0.2, 0.25) is 0 Å². The van der Waals surface area contributed by atoms with Gasteiger partial charge in [-0.1, -0.05) is 42.5 Å². The van der Waals surface area contributed by atoms with E-state index in [0.717, 1.165) is 25.1 Å². The Bertz CT molecular complexity index is 589. The van der Waals surface area contributed by atoms with Crippen LogP contribution in [0.3, 0.4) is 0 Å². The molecule has 1 fully saturated rings. The predicted octanol–water partition coefficient (Wildman–Crippen LogP) is 1.98. The predicted molar refractivity (Wildman–Crippen MR) is 78.8 cm³/mol. The Morgan fingerprint density at radius 2 is 2.00 bits per heavy atom. The van der Waals surface area contributed by atoms with Crippen LogP contribution in [0.15, 0.2) is 47.5 Å². The molecule has 0 amide bonds. The second kappa shape index (κ2) is 5.51. The van der Waals surface area contributed by atoms with Gasteiger partial charge in [0.25, 0.3) is 0 Å². The van der Waals surface area contributed by atoms with Crippen molar-refractivity contribution in [1.29, 1.82) is 0 Å². The van der Waals surface area contributed by atoms with Gasteiger partial charge in [-0.05, 0) is 23.7 Å². The van der Waals surface area contributed by atoms with E-state index in [2.05, 4.69) is 34.6 Å². The number of aliphatic imine (C=N–C) groups is 1. The fraction of sp³-hybridized carbons (Fsp3) is 0.312. The minimum absolute atomic E-state index is 0.0345. The van der Waals surface area contributed by atoms with Crippen molar-refractivity contribution in [2.45, 2.75) is 18.6 Å². The zero-order valence-corrected chi connectivity index (χ0v) is 10.8. The highest BCUT2D eigenvalue weighted by Gasteiger charge is 2.21. The second-order valence-electron chi connectivity index (χ2n) is 4.97. The van der Waals surface area contributed by atoms with E-state index in [-0.39, 0.29) is 12.1 Å². The van der Waals surface area contributed by atoms with E-state index in [0.29, 0.717) is 0 Å². The normalized spacial score (nSPS) is 24.1. The van der Waals surface area contributed by atoms with Crippen molar-refractivity contribution in [3.63, 3.8) is 0 Å². The average molecular weight is 254 g/mol. The zero-order chi connectivity index (χ0) is 13.1. The summed E-state index contributed by atoms with van der Waals surface area (Å²) in [4.78, 5) is 4.55. The molecule has 0 aromatic heterocycles. The van der Waals surface area contributed by atoms with E-state index >= 15 is 0 Å². The first kappa shape index (κ1) is 12.3. The molecule has 0 spiro atoms. The van der Waals surface area contributed by atoms with Gasteiger partial charge in [0.05, 0.1) is 12.1 Å². The molecular formula is C16H18N2O. The molecule has 2 aromatic carbocycles. The van der Waals surface area contributed by atoms with Crippen molar-refractivity contribution < 1.29 is 5.11 Å². The monoisotopic (exact) mass is 254 g/mol. The number of benzene rings is 2. The van der Waals surface area contributed by atoms with Crippen molar-refractivity contribution >= 4 is 17.0 Å². The van der Waals surface area contributed by atoms with E-state index in [1.165, 1.54) is 10.8 Å². The third-order valence-electron chi connectivity index (χ3n) is 3.64. The maximum atomic E-state index is 9.91. The van der Waals surface area contributed by atoms with E-state index < -0.39 is 0 Å². The first-order valence-electron chi connectivity index (χ1n) is 6.74. The topological polar surface area (TPSA) is 44.6 Å². The first-order valence-corrected chi connectivity index (χ1v) is 6.74. The third-order valence-corrected chi connectivity index (χ3v) is 3.64. The number of nitrogens with one attached hydrogen (secondary N) is 1. The summed E-state index contributed by atoms with van der Waals surface area (Å²) in [6.07, 6.45) is 2.34. The molecule has 1 aliphatic heterocycles. The summed E-state index contributed by atoms with van der Waals surface area (Å²) in [5.41, 5.74) is 1.11. The van der Waals surface area contributed by atoms with Crippen molar-refractivity contribution in [3.8, 4) is 0 Å². The Hall–Kier alpha value is -1.71. The van der Waals surface area contributed by atoms with Crippen LogP contribution in [-0.4, -0.2) is 36.6 Å². The number of aliphatic hydroxyl groups is 1. The highest BCUT2D eigenvalue weighted by molar-refractivity contribution is 5.99. The van der Waals surface area contributed by atoms with Crippen LogP contribution in [0.5, 0.6) is 0 Å². The molecule has 1 aliphatic rings. The van der Waals surface area contributed by atoms with Gasteiger partial charge in [-0.25, -0.2) is 0 Å². The van der Waals surface area contributed by atoms with Gasteiger partial charge in [-0.2, -0.15) is 0 Å². The molecule has 2 aromatic rings. The Labute approximate surface area is 113 Å². The van der Waals surface area contributed by atoms with Gasteiger partial charge in [0, 0.05) is 18.3 Å². The van der Waals surface area contributed by atoms with E-state index in [1.54, 1.807) is 0 Å². The lowest BCUT2D eigenvalue weighted by Gasteiger charge is -2.25. The zero-order valence-electron chi connectivity index (χ0n) is 10.8. The number of aliphatic hydroxyl groups excluding tert-OH is 1. The van der Waals surface area contributed by atoms with Crippen LogP contribution in [0.4, 0.5) is 0 Å². The Balaban J connectivity index is 1.88.